The number of hydrogen-bond donors (Lipinski definition) is 0. The Kier molecular flexibility index (Phi) is 6.41. The van der Waals surface area contributed by atoms with Gasteiger partial charge in [-0.3, -0.25) is 0 Å². The lowest BCUT2D eigenvalue weighted by Gasteiger charge is -2.26. The van der Waals surface area contributed by atoms with Crippen molar-refractivity contribution in [3.63, 3.8) is 0 Å². The Balaban J connectivity index is 1.87. The first-order chi connectivity index (χ1) is 7.58. The smallest absolute Gasteiger partial charge is 0.00187 e. The lowest BCUT2D eigenvalue weighted by molar-refractivity contribution is 0.223. The van der Waals surface area contributed by atoms with Gasteiger partial charge >= 0.3 is 0 Å². The first-order valence-electron chi connectivity index (χ1n) is 7.30. The predicted molar refractivity (Wildman–Crippen MR) is 72.8 cm³/mol. The fourth-order valence-corrected chi connectivity index (χ4v) is 2.53. The van der Waals surface area contributed by atoms with Crippen molar-refractivity contribution in [3.05, 3.63) is 0 Å². The molecule has 0 atom stereocenters. The molecular formula is C15H31N. The van der Waals surface area contributed by atoms with Gasteiger partial charge in [0.15, 0.2) is 0 Å². The van der Waals surface area contributed by atoms with Gasteiger partial charge in [-0.1, -0.05) is 46.5 Å². The summed E-state index contributed by atoms with van der Waals surface area (Å²) >= 11 is 0. The van der Waals surface area contributed by atoms with E-state index < -0.39 is 0 Å². The van der Waals surface area contributed by atoms with Crippen LogP contribution >= 0.6 is 0 Å². The normalized spacial score (nSPS) is 18.9. The van der Waals surface area contributed by atoms with Gasteiger partial charge in [0.1, 0.15) is 0 Å². The maximum absolute atomic E-state index is 2.66. The molecule has 0 unspecified atom stereocenters. The van der Waals surface area contributed by atoms with E-state index in [1.807, 2.05) is 0 Å². The molecule has 1 aliphatic rings. The van der Waals surface area contributed by atoms with E-state index in [1.165, 1.54) is 71.0 Å². The predicted octanol–water partition coefficient (Wildman–Crippen LogP) is 4.47. The summed E-state index contributed by atoms with van der Waals surface area (Å²) in [4.78, 5) is 2.66. The van der Waals surface area contributed by atoms with Gasteiger partial charge in [0, 0.05) is 0 Å². The van der Waals surface area contributed by atoms with Gasteiger partial charge in [0.2, 0.25) is 0 Å². The van der Waals surface area contributed by atoms with Gasteiger partial charge in [-0.2, -0.15) is 0 Å². The zero-order valence-electron chi connectivity index (χ0n) is 11.7. The standard InChI is InChI=1S/C15H31N/c1-15(2,3)11-7-4-5-8-12-16-13-9-6-10-14-16/h4-14H2,1-3H3. The van der Waals surface area contributed by atoms with E-state index in [-0.39, 0.29) is 0 Å². The minimum atomic E-state index is 0.535. The molecule has 0 spiro atoms. The van der Waals surface area contributed by atoms with Gasteiger partial charge in [0.25, 0.3) is 0 Å². The molecule has 1 heterocycles. The SMILES string of the molecule is CC(C)(C)CCCCCCN1CCCCC1. The maximum Gasteiger partial charge on any atom is -0.00187 e. The monoisotopic (exact) mass is 225 g/mol. The summed E-state index contributed by atoms with van der Waals surface area (Å²) in [5.41, 5.74) is 0.535. The van der Waals surface area contributed by atoms with Crippen molar-refractivity contribution in [2.24, 2.45) is 5.41 Å². The number of piperidine rings is 1. The molecule has 0 saturated carbocycles. The van der Waals surface area contributed by atoms with E-state index in [0.29, 0.717) is 5.41 Å². The summed E-state index contributed by atoms with van der Waals surface area (Å²) in [5.74, 6) is 0. The highest BCUT2D eigenvalue weighted by molar-refractivity contribution is 4.65. The lowest BCUT2D eigenvalue weighted by Crippen LogP contribution is -2.30. The average molecular weight is 225 g/mol. The molecule has 1 rings (SSSR count). The quantitative estimate of drug-likeness (QED) is 0.603. The molecule has 1 nitrogen and oxygen atoms in total. The third-order valence-electron chi connectivity index (χ3n) is 3.60. The van der Waals surface area contributed by atoms with E-state index in [4.69, 9.17) is 0 Å². The lowest BCUT2D eigenvalue weighted by atomic mass is 9.89. The van der Waals surface area contributed by atoms with Crippen molar-refractivity contribution in [2.75, 3.05) is 19.6 Å². The van der Waals surface area contributed by atoms with Crippen molar-refractivity contribution >= 4 is 0 Å². The van der Waals surface area contributed by atoms with Crippen LogP contribution in [0.3, 0.4) is 0 Å². The minimum absolute atomic E-state index is 0.535. The van der Waals surface area contributed by atoms with E-state index >= 15 is 0 Å². The van der Waals surface area contributed by atoms with E-state index in [1.54, 1.807) is 0 Å². The fourth-order valence-electron chi connectivity index (χ4n) is 2.53. The van der Waals surface area contributed by atoms with Gasteiger partial charge in [0.05, 0.1) is 0 Å². The van der Waals surface area contributed by atoms with Crippen LogP contribution in [0.1, 0.15) is 72.1 Å². The van der Waals surface area contributed by atoms with Crippen molar-refractivity contribution in [2.45, 2.75) is 72.1 Å². The maximum atomic E-state index is 2.66. The van der Waals surface area contributed by atoms with Crippen molar-refractivity contribution < 1.29 is 0 Å². The fraction of sp³-hybridized carbons (Fsp3) is 1.00. The van der Waals surface area contributed by atoms with Crippen LogP contribution < -0.4 is 0 Å². The van der Waals surface area contributed by atoms with E-state index in [2.05, 4.69) is 25.7 Å². The number of unbranched alkanes of at least 4 members (excludes halogenated alkanes) is 3. The van der Waals surface area contributed by atoms with Gasteiger partial charge < -0.3 is 4.90 Å². The van der Waals surface area contributed by atoms with Crippen molar-refractivity contribution in [1.29, 1.82) is 0 Å². The Labute approximate surface area is 103 Å². The minimum Gasteiger partial charge on any atom is -0.303 e. The molecular weight excluding hydrogens is 194 g/mol. The molecule has 0 amide bonds. The van der Waals surface area contributed by atoms with Crippen LogP contribution in [0.15, 0.2) is 0 Å². The van der Waals surface area contributed by atoms with E-state index in [0.717, 1.165) is 0 Å². The molecule has 1 heteroatoms. The molecule has 0 aromatic carbocycles. The zero-order chi connectivity index (χ0) is 11.9. The molecule has 0 aliphatic carbocycles. The number of likely N-dealkylation sites (tertiary alicyclic amines) is 1. The second-order valence-corrected chi connectivity index (χ2v) is 6.63. The number of hydrogen-bond acceptors (Lipinski definition) is 1. The molecule has 1 aliphatic heterocycles. The van der Waals surface area contributed by atoms with Crippen LogP contribution in [0.5, 0.6) is 0 Å². The second-order valence-electron chi connectivity index (χ2n) is 6.63. The van der Waals surface area contributed by atoms with Crippen LogP contribution in [0, 0.1) is 5.41 Å². The van der Waals surface area contributed by atoms with Crippen LogP contribution in [-0.2, 0) is 0 Å². The molecule has 0 N–H and O–H groups in total. The topological polar surface area (TPSA) is 3.24 Å². The van der Waals surface area contributed by atoms with Crippen molar-refractivity contribution in [1.82, 2.24) is 4.90 Å². The third kappa shape index (κ3) is 7.27. The Morgan fingerprint density at radius 2 is 1.44 bits per heavy atom. The molecule has 16 heavy (non-hydrogen) atoms. The van der Waals surface area contributed by atoms with Crippen LogP contribution in [0.4, 0.5) is 0 Å². The summed E-state index contributed by atoms with van der Waals surface area (Å²) in [6.45, 7) is 11.1. The van der Waals surface area contributed by atoms with Crippen LogP contribution in [-0.4, -0.2) is 24.5 Å². The Morgan fingerprint density at radius 1 is 0.812 bits per heavy atom. The summed E-state index contributed by atoms with van der Waals surface area (Å²) in [6.07, 6.45) is 11.4. The molecule has 96 valence electrons. The molecule has 1 fully saturated rings. The number of rotatable bonds is 6. The molecule has 1 saturated heterocycles. The highest BCUT2D eigenvalue weighted by Gasteiger charge is 2.10. The molecule has 0 aromatic heterocycles. The highest BCUT2D eigenvalue weighted by atomic mass is 15.1. The largest absolute Gasteiger partial charge is 0.303 e. The summed E-state index contributed by atoms with van der Waals surface area (Å²) in [6, 6.07) is 0. The van der Waals surface area contributed by atoms with Crippen molar-refractivity contribution in [3.8, 4) is 0 Å². The summed E-state index contributed by atoms with van der Waals surface area (Å²) in [7, 11) is 0. The summed E-state index contributed by atoms with van der Waals surface area (Å²) in [5, 5.41) is 0. The molecule has 0 radical (unpaired) electrons. The Morgan fingerprint density at radius 3 is 2.06 bits per heavy atom. The molecule has 0 aromatic rings. The van der Waals surface area contributed by atoms with Crippen LogP contribution in [0.25, 0.3) is 0 Å². The number of nitrogens with zero attached hydrogens (tertiary/aromatic N) is 1. The van der Waals surface area contributed by atoms with Gasteiger partial charge in [-0.25, -0.2) is 0 Å². The van der Waals surface area contributed by atoms with Gasteiger partial charge in [-0.05, 0) is 50.7 Å². The highest BCUT2D eigenvalue weighted by Crippen LogP contribution is 2.22. The molecule has 0 bridgehead atoms. The van der Waals surface area contributed by atoms with Crippen LogP contribution in [0.2, 0.25) is 0 Å². The Hall–Kier alpha value is -0.0400. The second kappa shape index (κ2) is 7.32. The van der Waals surface area contributed by atoms with Gasteiger partial charge in [-0.15, -0.1) is 0 Å². The zero-order valence-corrected chi connectivity index (χ0v) is 11.7. The third-order valence-corrected chi connectivity index (χ3v) is 3.60. The average Bonchev–Trinajstić information content (AvgIpc) is 2.23. The Bertz CT molecular complexity index is 163. The van der Waals surface area contributed by atoms with E-state index in [9.17, 15) is 0 Å². The first-order valence-corrected chi connectivity index (χ1v) is 7.30. The summed E-state index contributed by atoms with van der Waals surface area (Å²) < 4.78 is 0. The first kappa shape index (κ1) is 14.0.